The lowest BCUT2D eigenvalue weighted by atomic mass is 10.1. The summed E-state index contributed by atoms with van der Waals surface area (Å²) in [6, 6.07) is 15.5. The molecule has 0 saturated carbocycles. The van der Waals surface area contributed by atoms with E-state index in [0.717, 1.165) is 5.56 Å². The van der Waals surface area contributed by atoms with Gasteiger partial charge in [-0.3, -0.25) is 9.59 Å². The van der Waals surface area contributed by atoms with Gasteiger partial charge in [-0.25, -0.2) is 0 Å². The third-order valence-electron chi connectivity index (χ3n) is 3.15. The number of nitrogens with zero attached hydrogens (tertiary/aromatic N) is 1. The van der Waals surface area contributed by atoms with E-state index < -0.39 is 5.97 Å². The summed E-state index contributed by atoms with van der Waals surface area (Å²) in [6.45, 7) is 0.0857. The van der Waals surface area contributed by atoms with Crippen molar-refractivity contribution in [1.29, 1.82) is 5.26 Å². The predicted octanol–water partition coefficient (Wildman–Crippen LogP) is 3.31. The van der Waals surface area contributed by atoms with Gasteiger partial charge in [0.25, 0.3) is 0 Å². The van der Waals surface area contributed by atoms with Crippen LogP contribution in [0, 0.1) is 11.3 Å². The first-order chi connectivity index (χ1) is 11.6. The summed E-state index contributed by atoms with van der Waals surface area (Å²) in [4.78, 5) is 22.6. The number of carboxylic acid groups (broad SMARTS) is 1. The van der Waals surface area contributed by atoms with Crippen molar-refractivity contribution in [2.45, 2.75) is 6.42 Å². The maximum absolute atomic E-state index is 12.1. The lowest BCUT2D eigenvalue weighted by Crippen LogP contribution is -2.04. The molecule has 0 saturated heterocycles. The molecule has 0 amide bonds. The Morgan fingerprint density at radius 2 is 1.96 bits per heavy atom. The Morgan fingerprint density at radius 3 is 2.71 bits per heavy atom. The monoisotopic (exact) mass is 321 g/mol. The first kappa shape index (κ1) is 17.0. The van der Waals surface area contributed by atoms with Crippen LogP contribution in [-0.4, -0.2) is 23.5 Å². The average Bonchev–Trinajstić information content (AvgIpc) is 2.60. The molecule has 2 aromatic rings. The topological polar surface area (TPSA) is 87.4 Å². The maximum atomic E-state index is 12.1. The van der Waals surface area contributed by atoms with Crippen molar-refractivity contribution in [3.05, 3.63) is 71.3 Å². The van der Waals surface area contributed by atoms with Gasteiger partial charge in [0, 0.05) is 5.56 Å². The highest BCUT2D eigenvalue weighted by molar-refractivity contribution is 6.07. The van der Waals surface area contributed by atoms with Gasteiger partial charge in [0.2, 0.25) is 0 Å². The summed E-state index contributed by atoms with van der Waals surface area (Å²) in [7, 11) is 0. The number of carbonyl (C=O) groups is 2. The van der Waals surface area contributed by atoms with Crippen LogP contribution in [0.15, 0.2) is 54.6 Å². The molecule has 0 fully saturated rings. The standard InChI is InChI=1S/C19H15NO4/c20-13-15-4-1-5-16(11-15)18(21)8-7-14-3-2-6-17(12-14)24-10-9-19(22)23/h1-8,11-12H,9-10H2,(H,22,23)/b8-7+. The SMILES string of the molecule is N#Cc1cccc(C(=O)/C=C/c2cccc(OCCC(=O)O)c2)c1. The van der Waals surface area contributed by atoms with Crippen molar-refractivity contribution >= 4 is 17.8 Å². The quantitative estimate of drug-likeness (QED) is 0.624. The highest BCUT2D eigenvalue weighted by Crippen LogP contribution is 2.15. The summed E-state index contributed by atoms with van der Waals surface area (Å²) in [5, 5.41) is 17.4. The number of aliphatic carboxylic acids is 1. The number of ether oxygens (including phenoxy) is 1. The lowest BCUT2D eigenvalue weighted by Gasteiger charge is -2.05. The average molecular weight is 321 g/mol. The molecule has 0 aliphatic carbocycles. The zero-order valence-electron chi connectivity index (χ0n) is 12.8. The van der Waals surface area contributed by atoms with E-state index in [4.69, 9.17) is 15.1 Å². The van der Waals surface area contributed by atoms with E-state index >= 15 is 0 Å². The second kappa shape index (κ2) is 8.30. The van der Waals surface area contributed by atoms with Gasteiger partial charge in [0.1, 0.15) is 5.75 Å². The number of allylic oxidation sites excluding steroid dienone is 1. The van der Waals surface area contributed by atoms with E-state index in [-0.39, 0.29) is 18.8 Å². The summed E-state index contributed by atoms with van der Waals surface area (Å²) in [5.41, 5.74) is 1.63. The zero-order valence-corrected chi connectivity index (χ0v) is 12.8. The van der Waals surface area contributed by atoms with E-state index in [1.807, 2.05) is 6.07 Å². The van der Waals surface area contributed by atoms with Gasteiger partial charge >= 0.3 is 5.97 Å². The number of benzene rings is 2. The predicted molar refractivity (Wildman–Crippen MR) is 88.7 cm³/mol. The molecule has 0 aromatic heterocycles. The largest absolute Gasteiger partial charge is 0.493 e. The van der Waals surface area contributed by atoms with E-state index in [2.05, 4.69) is 0 Å². The van der Waals surface area contributed by atoms with E-state index in [1.54, 1.807) is 48.5 Å². The molecule has 120 valence electrons. The van der Waals surface area contributed by atoms with E-state index in [9.17, 15) is 9.59 Å². The van der Waals surface area contributed by atoms with Crippen LogP contribution in [0.1, 0.15) is 27.9 Å². The fraction of sp³-hybridized carbons (Fsp3) is 0.105. The van der Waals surface area contributed by atoms with Crippen molar-refractivity contribution in [2.24, 2.45) is 0 Å². The number of hydrogen-bond acceptors (Lipinski definition) is 4. The third kappa shape index (κ3) is 5.11. The second-order valence-corrected chi connectivity index (χ2v) is 4.95. The van der Waals surface area contributed by atoms with Gasteiger partial charge in [0.15, 0.2) is 5.78 Å². The van der Waals surface area contributed by atoms with Crippen LogP contribution in [0.4, 0.5) is 0 Å². The van der Waals surface area contributed by atoms with Crippen LogP contribution < -0.4 is 4.74 Å². The van der Waals surface area contributed by atoms with Gasteiger partial charge in [-0.05, 0) is 35.9 Å². The molecular formula is C19H15NO4. The molecule has 2 aromatic carbocycles. The number of rotatable bonds is 7. The molecular weight excluding hydrogens is 306 g/mol. The number of ketones is 1. The molecule has 0 unspecified atom stereocenters. The molecule has 24 heavy (non-hydrogen) atoms. The van der Waals surface area contributed by atoms with Crippen LogP contribution in [0.25, 0.3) is 6.08 Å². The minimum Gasteiger partial charge on any atom is -0.493 e. The van der Waals surface area contributed by atoms with Crippen molar-refractivity contribution < 1.29 is 19.4 Å². The highest BCUT2D eigenvalue weighted by Gasteiger charge is 2.03. The number of hydrogen-bond donors (Lipinski definition) is 1. The smallest absolute Gasteiger partial charge is 0.306 e. The van der Waals surface area contributed by atoms with Crippen LogP contribution in [0.2, 0.25) is 0 Å². The molecule has 0 aliphatic rings. The molecule has 0 heterocycles. The Hall–Kier alpha value is -3.39. The van der Waals surface area contributed by atoms with Gasteiger partial charge < -0.3 is 9.84 Å². The molecule has 0 radical (unpaired) electrons. The molecule has 0 spiro atoms. The van der Waals surface area contributed by atoms with Crippen molar-refractivity contribution in [3.8, 4) is 11.8 Å². The van der Waals surface area contributed by atoms with Crippen LogP contribution >= 0.6 is 0 Å². The maximum Gasteiger partial charge on any atom is 0.306 e. The zero-order chi connectivity index (χ0) is 17.4. The summed E-state index contributed by atoms with van der Waals surface area (Å²) >= 11 is 0. The van der Waals surface area contributed by atoms with E-state index in [0.29, 0.717) is 16.9 Å². The summed E-state index contributed by atoms with van der Waals surface area (Å²) in [6.07, 6.45) is 2.99. The van der Waals surface area contributed by atoms with Crippen molar-refractivity contribution in [3.63, 3.8) is 0 Å². The van der Waals surface area contributed by atoms with Crippen molar-refractivity contribution in [2.75, 3.05) is 6.61 Å². The number of carbonyl (C=O) groups excluding carboxylic acids is 1. The van der Waals surface area contributed by atoms with Gasteiger partial charge in [-0.15, -0.1) is 0 Å². The minimum absolute atomic E-state index is 0.0756. The first-order valence-corrected chi connectivity index (χ1v) is 7.26. The Bertz CT molecular complexity index is 818. The summed E-state index contributed by atoms with van der Waals surface area (Å²) < 4.78 is 5.34. The van der Waals surface area contributed by atoms with Crippen LogP contribution in [-0.2, 0) is 4.79 Å². The summed E-state index contributed by atoms with van der Waals surface area (Å²) in [5.74, 6) is -0.585. The number of nitriles is 1. The second-order valence-electron chi connectivity index (χ2n) is 4.95. The molecule has 0 atom stereocenters. The normalized spacial score (nSPS) is 10.3. The van der Waals surface area contributed by atoms with Crippen LogP contribution in [0.5, 0.6) is 5.75 Å². The van der Waals surface area contributed by atoms with Gasteiger partial charge in [-0.2, -0.15) is 5.26 Å². The van der Waals surface area contributed by atoms with Gasteiger partial charge in [-0.1, -0.05) is 30.3 Å². The highest BCUT2D eigenvalue weighted by atomic mass is 16.5. The van der Waals surface area contributed by atoms with Crippen molar-refractivity contribution in [1.82, 2.24) is 0 Å². The molecule has 0 bridgehead atoms. The number of carboxylic acids is 1. The Labute approximate surface area is 139 Å². The molecule has 5 heteroatoms. The Kier molecular flexibility index (Phi) is 5.87. The van der Waals surface area contributed by atoms with E-state index in [1.165, 1.54) is 12.1 Å². The molecule has 1 N–H and O–H groups in total. The van der Waals surface area contributed by atoms with Crippen LogP contribution in [0.3, 0.4) is 0 Å². The lowest BCUT2D eigenvalue weighted by molar-refractivity contribution is -0.137. The fourth-order valence-corrected chi connectivity index (χ4v) is 1.97. The Balaban J connectivity index is 2.04. The minimum atomic E-state index is -0.920. The Morgan fingerprint density at radius 1 is 1.17 bits per heavy atom. The molecule has 2 rings (SSSR count). The van der Waals surface area contributed by atoms with Gasteiger partial charge in [0.05, 0.1) is 24.7 Å². The first-order valence-electron chi connectivity index (χ1n) is 7.26. The molecule has 5 nitrogen and oxygen atoms in total. The third-order valence-corrected chi connectivity index (χ3v) is 3.15. The molecule has 0 aliphatic heterocycles. The fourth-order valence-electron chi connectivity index (χ4n) is 1.97.